The summed E-state index contributed by atoms with van der Waals surface area (Å²) in [5.41, 5.74) is 4.84. The lowest BCUT2D eigenvalue weighted by Gasteiger charge is -2.31. The van der Waals surface area contributed by atoms with E-state index in [1.165, 1.54) is 5.57 Å². The summed E-state index contributed by atoms with van der Waals surface area (Å²) < 4.78 is 6.27. The van der Waals surface area contributed by atoms with E-state index < -0.39 is 5.97 Å². The standard InChI is InChI=1S/C27H31ClN4O4/c1-16(33)32-13-11-18(12-14-32)17-3-5-19(6-4-17)24-22(28)15-23-25(30-24)31(2)27(29-23)36-21-9-7-20(8-10-21)26(34)35/h3-6,11,15,20-21,27,29H,7-10,12-14H2,1-2H3,(H,34,35)/t20-,21-,27?. The number of halogens is 1. The Bertz CT molecular complexity index is 1190. The van der Waals surface area contributed by atoms with Gasteiger partial charge < -0.3 is 25.0 Å². The Balaban J connectivity index is 1.28. The maximum absolute atomic E-state index is 11.6. The molecule has 0 radical (unpaired) electrons. The van der Waals surface area contributed by atoms with E-state index in [2.05, 4.69) is 23.5 Å². The molecule has 8 nitrogen and oxygen atoms in total. The number of carbonyl (C=O) groups excluding carboxylic acids is 1. The number of hydrogen-bond acceptors (Lipinski definition) is 6. The molecule has 3 aliphatic rings. The molecule has 1 amide bonds. The highest BCUT2D eigenvalue weighted by molar-refractivity contribution is 6.33. The number of amides is 1. The van der Waals surface area contributed by atoms with Gasteiger partial charge in [0.1, 0.15) is 0 Å². The van der Waals surface area contributed by atoms with Gasteiger partial charge in [0, 0.05) is 32.6 Å². The van der Waals surface area contributed by atoms with Crippen LogP contribution in [0.15, 0.2) is 36.4 Å². The summed E-state index contributed by atoms with van der Waals surface area (Å²) in [6, 6.07) is 10.1. The third-order valence-corrected chi connectivity index (χ3v) is 7.74. The fraction of sp³-hybridized carbons (Fsp3) is 0.444. The number of carboxylic acids is 1. The zero-order valence-corrected chi connectivity index (χ0v) is 21.3. The number of hydrogen-bond donors (Lipinski definition) is 2. The normalized spacial score (nSPS) is 23.6. The van der Waals surface area contributed by atoms with Crippen molar-refractivity contribution in [3.05, 3.63) is 47.0 Å². The van der Waals surface area contributed by atoms with Gasteiger partial charge in [-0.25, -0.2) is 4.98 Å². The van der Waals surface area contributed by atoms with Crippen LogP contribution in [-0.2, 0) is 14.3 Å². The van der Waals surface area contributed by atoms with Gasteiger partial charge in [-0.2, -0.15) is 0 Å². The van der Waals surface area contributed by atoms with Gasteiger partial charge in [-0.1, -0.05) is 41.9 Å². The lowest BCUT2D eigenvalue weighted by atomic mass is 9.87. The minimum Gasteiger partial charge on any atom is -0.481 e. The molecule has 1 saturated carbocycles. The molecule has 0 spiro atoms. The van der Waals surface area contributed by atoms with Crippen LogP contribution < -0.4 is 10.2 Å². The number of aliphatic carboxylic acids is 1. The summed E-state index contributed by atoms with van der Waals surface area (Å²) in [6.07, 6.45) is 5.33. The third-order valence-electron chi connectivity index (χ3n) is 7.45. The van der Waals surface area contributed by atoms with Crippen molar-refractivity contribution in [1.29, 1.82) is 0 Å². The summed E-state index contributed by atoms with van der Waals surface area (Å²) in [6.45, 7) is 2.99. The molecule has 0 saturated heterocycles. The molecule has 1 aliphatic carbocycles. The van der Waals surface area contributed by atoms with Crippen LogP contribution in [0, 0.1) is 5.92 Å². The molecule has 36 heavy (non-hydrogen) atoms. The first-order chi connectivity index (χ1) is 17.3. The van der Waals surface area contributed by atoms with Crippen LogP contribution in [0.2, 0.25) is 5.02 Å². The molecule has 190 valence electrons. The van der Waals surface area contributed by atoms with E-state index in [1.54, 1.807) is 6.92 Å². The number of benzene rings is 1. The number of carbonyl (C=O) groups is 2. The second-order valence-corrected chi connectivity index (χ2v) is 10.2. The Morgan fingerprint density at radius 1 is 1.14 bits per heavy atom. The lowest BCUT2D eigenvalue weighted by Crippen LogP contribution is -2.40. The van der Waals surface area contributed by atoms with Gasteiger partial charge in [0.2, 0.25) is 12.3 Å². The van der Waals surface area contributed by atoms with Gasteiger partial charge in [-0.3, -0.25) is 9.59 Å². The first-order valence-corrected chi connectivity index (χ1v) is 12.8. The van der Waals surface area contributed by atoms with Gasteiger partial charge in [0.05, 0.1) is 28.4 Å². The van der Waals surface area contributed by atoms with E-state index in [-0.39, 0.29) is 24.3 Å². The number of aromatic nitrogens is 1. The molecule has 2 aromatic rings. The molecule has 1 aromatic heterocycles. The number of pyridine rings is 1. The maximum Gasteiger partial charge on any atom is 0.306 e. The van der Waals surface area contributed by atoms with Crippen molar-refractivity contribution in [3.63, 3.8) is 0 Å². The van der Waals surface area contributed by atoms with Crippen LogP contribution in [0.25, 0.3) is 16.8 Å². The minimum absolute atomic E-state index is 0.00830. The Labute approximate surface area is 215 Å². The predicted octanol–water partition coefficient (Wildman–Crippen LogP) is 4.84. The molecule has 3 heterocycles. The minimum atomic E-state index is -0.716. The van der Waals surface area contributed by atoms with E-state index >= 15 is 0 Å². The summed E-state index contributed by atoms with van der Waals surface area (Å²) in [5.74, 6) is -0.112. The molecule has 1 fully saturated rings. The summed E-state index contributed by atoms with van der Waals surface area (Å²) in [5, 5.41) is 13.1. The molecular weight excluding hydrogens is 480 g/mol. The van der Waals surface area contributed by atoms with Gasteiger partial charge in [0.15, 0.2) is 5.82 Å². The summed E-state index contributed by atoms with van der Waals surface area (Å²) in [7, 11) is 1.93. The van der Waals surface area contributed by atoms with Crippen LogP contribution in [-0.4, -0.2) is 59.5 Å². The van der Waals surface area contributed by atoms with Gasteiger partial charge in [-0.15, -0.1) is 0 Å². The molecule has 2 aliphatic heterocycles. The van der Waals surface area contributed by atoms with Crippen LogP contribution >= 0.6 is 11.6 Å². The number of nitrogens with zero attached hydrogens (tertiary/aromatic N) is 3. The molecular formula is C27H31ClN4O4. The smallest absolute Gasteiger partial charge is 0.306 e. The van der Waals surface area contributed by atoms with Gasteiger partial charge in [-0.05, 0) is 49.3 Å². The summed E-state index contributed by atoms with van der Waals surface area (Å²) >= 11 is 6.64. The Kier molecular flexibility index (Phi) is 6.90. The first kappa shape index (κ1) is 24.6. The molecule has 0 bridgehead atoms. The molecule has 1 atom stereocenters. The fourth-order valence-corrected chi connectivity index (χ4v) is 5.47. The van der Waals surface area contributed by atoms with E-state index in [9.17, 15) is 14.7 Å². The van der Waals surface area contributed by atoms with Crippen molar-refractivity contribution in [2.45, 2.75) is 51.5 Å². The van der Waals surface area contributed by atoms with Crippen LogP contribution in [0.4, 0.5) is 11.5 Å². The maximum atomic E-state index is 11.6. The van der Waals surface area contributed by atoms with Crippen LogP contribution in [0.1, 0.15) is 44.6 Å². The number of fused-ring (bicyclic) bond motifs is 1. The Hall–Kier alpha value is -3.10. The molecule has 1 unspecified atom stereocenters. The molecule has 1 aromatic carbocycles. The number of ether oxygens (including phenoxy) is 1. The predicted molar refractivity (Wildman–Crippen MR) is 140 cm³/mol. The Morgan fingerprint density at radius 3 is 2.44 bits per heavy atom. The van der Waals surface area contributed by atoms with Crippen molar-refractivity contribution in [2.24, 2.45) is 5.92 Å². The molecule has 2 N–H and O–H groups in total. The Morgan fingerprint density at radius 2 is 1.83 bits per heavy atom. The van der Waals surface area contributed by atoms with E-state index in [1.807, 2.05) is 35.0 Å². The molecule has 9 heteroatoms. The van der Waals surface area contributed by atoms with Crippen molar-refractivity contribution in [2.75, 3.05) is 30.4 Å². The number of rotatable bonds is 5. The SMILES string of the molecule is CC(=O)N1CC=C(c2ccc(-c3nc4c(cc3Cl)NC(O[C@H]3CC[C@H](C(=O)O)CC3)N4C)cc2)CC1. The van der Waals surface area contributed by atoms with Crippen molar-refractivity contribution < 1.29 is 19.4 Å². The monoisotopic (exact) mass is 510 g/mol. The first-order valence-electron chi connectivity index (χ1n) is 12.4. The number of anilines is 2. The fourth-order valence-electron chi connectivity index (χ4n) is 5.21. The van der Waals surface area contributed by atoms with E-state index in [0.717, 1.165) is 48.4 Å². The van der Waals surface area contributed by atoms with Gasteiger partial charge in [0.25, 0.3) is 0 Å². The third kappa shape index (κ3) is 4.92. The second kappa shape index (κ2) is 10.1. The van der Waals surface area contributed by atoms with Crippen LogP contribution in [0.3, 0.4) is 0 Å². The highest BCUT2D eigenvalue weighted by Crippen LogP contribution is 2.40. The van der Waals surface area contributed by atoms with Crippen molar-refractivity contribution >= 4 is 40.6 Å². The lowest BCUT2D eigenvalue weighted by molar-refractivity contribution is -0.144. The molecule has 5 rings (SSSR count). The highest BCUT2D eigenvalue weighted by Gasteiger charge is 2.34. The number of carboxylic acid groups (broad SMARTS) is 1. The topological polar surface area (TPSA) is 95.0 Å². The van der Waals surface area contributed by atoms with Crippen LogP contribution in [0.5, 0.6) is 0 Å². The average Bonchev–Trinajstić information content (AvgIpc) is 3.17. The highest BCUT2D eigenvalue weighted by atomic mass is 35.5. The van der Waals surface area contributed by atoms with E-state index in [0.29, 0.717) is 30.1 Å². The van der Waals surface area contributed by atoms with E-state index in [4.69, 9.17) is 21.3 Å². The number of nitrogens with one attached hydrogen (secondary N) is 1. The largest absolute Gasteiger partial charge is 0.481 e. The zero-order valence-electron chi connectivity index (χ0n) is 20.5. The van der Waals surface area contributed by atoms with Crippen molar-refractivity contribution in [3.8, 4) is 11.3 Å². The second-order valence-electron chi connectivity index (χ2n) is 9.77. The average molecular weight is 511 g/mol. The zero-order chi connectivity index (χ0) is 25.4. The quantitative estimate of drug-likeness (QED) is 0.594. The summed E-state index contributed by atoms with van der Waals surface area (Å²) in [4.78, 5) is 31.5. The van der Waals surface area contributed by atoms with Gasteiger partial charge >= 0.3 is 5.97 Å². The van der Waals surface area contributed by atoms with Crippen molar-refractivity contribution in [1.82, 2.24) is 9.88 Å².